The molecule has 1 aliphatic heterocycles. The van der Waals surface area contributed by atoms with E-state index in [2.05, 4.69) is 34.5 Å². The van der Waals surface area contributed by atoms with Crippen LogP contribution in [0.4, 0.5) is 9.59 Å². The Hall–Kier alpha value is -1.71. The number of nitrogens with zero attached hydrogens (tertiary/aromatic N) is 1. The van der Waals surface area contributed by atoms with Crippen LogP contribution in [0, 0.1) is 0 Å². The third-order valence-electron chi connectivity index (χ3n) is 2.54. The van der Waals surface area contributed by atoms with Crippen molar-refractivity contribution in [1.82, 2.24) is 8.42 Å². The van der Waals surface area contributed by atoms with Crippen molar-refractivity contribution >= 4 is 45.9 Å². The molecule has 1 heterocycles. The van der Waals surface area contributed by atoms with Crippen LogP contribution in [0.25, 0.3) is 0 Å². The van der Waals surface area contributed by atoms with E-state index < -0.39 is 45.9 Å². The van der Waals surface area contributed by atoms with Crippen LogP contribution >= 0.6 is 0 Å². The minimum absolute atomic E-state index is 0.461. The van der Waals surface area contributed by atoms with Crippen LogP contribution in [0.1, 0.15) is 13.8 Å². The zero-order valence-corrected chi connectivity index (χ0v) is 14.3. The van der Waals surface area contributed by atoms with E-state index in [1.54, 1.807) is 9.20 Å². The molecule has 0 saturated heterocycles. The van der Waals surface area contributed by atoms with E-state index in [0.717, 1.165) is 4.18 Å². The van der Waals surface area contributed by atoms with Crippen LogP contribution in [-0.2, 0) is 19.1 Å². The first-order valence-electron chi connectivity index (χ1n) is 5.80. The van der Waals surface area contributed by atoms with Gasteiger partial charge in [-0.05, 0) is 0 Å². The predicted octanol–water partition coefficient (Wildman–Crippen LogP) is 0.00690. The summed E-state index contributed by atoms with van der Waals surface area (Å²) in [6.07, 6.45) is 1.09. The summed E-state index contributed by atoms with van der Waals surface area (Å²) >= 11 is -2.14. The van der Waals surface area contributed by atoms with Crippen LogP contribution in [0.3, 0.4) is 0 Å². The summed E-state index contributed by atoms with van der Waals surface area (Å²) in [5, 5.41) is 0. The van der Waals surface area contributed by atoms with Gasteiger partial charge >= 0.3 is 123 Å². The fourth-order valence-corrected chi connectivity index (χ4v) is 8.57. The molecule has 1 aliphatic rings. The number of allylic oxidation sites excluding steroid dienone is 1. The van der Waals surface area contributed by atoms with Crippen molar-refractivity contribution in [2.75, 3.05) is 0 Å². The Morgan fingerprint density at radius 2 is 1.85 bits per heavy atom. The monoisotopic (exact) mass is 387 g/mol. The third kappa shape index (κ3) is 4.76. The first-order valence-corrected chi connectivity index (χ1v) is 11.5. The molecule has 0 spiro atoms. The van der Waals surface area contributed by atoms with Gasteiger partial charge in [-0.1, -0.05) is 0 Å². The summed E-state index contributed by atoms with van der Waals surface area (Å²) in [6, 6.07) is 0. The molecule has 3 N–H and O–H groups in total. The molecule has 0 fully saturated rings. The van der Waals surface area contributed by atoms with Crippen LogP contribution in [-0.4, -0.2) is 48.8 Å². The fraction of sp³-hybridized carbons (Fsp3) is 0.400. The van der Waals surface area contributed by atoms with Gasteiger partial charge in [0.2, 0.25) is 0 Å². The predicted molar refractivity (Wildman–Crippen MR) is 66.9 cm³/mol. The Morgan fingerprint density at radius 3 is 2.40 bits per heavy atom. The number of ether oxygens (including phenoxy) is 2. The second-order valence-electron chi connectivity index (χ2n) is 4.34. The summed E-state index contributed by atoms with van der Waals surface area (Å²) in [5.74, 6) is -3.26. The molecule has 0 bridgehead atoms. The standard InChI is InChI=1S/C7H8N3O6.C3H7.In/c1-2-3-9-10-7(14)16-5(12)4(11)15-6(8)13;1-3-2;/h2-3H,1H2,(H4,8,9,10,11,12,13,14);3H,1-2H3;/q;;+1/p-1. The number of nitrogens with one attached hydrogen (secondary N) is 1. The average Bonchev–Trinajstić information content (AvgIpc) is 2.75. The maximum absolute atomic E-state index is 11.4. The number of primary amides is 1. The molecule has 9 nitrogen and oxygen atoms in total. The van der Waals surface area contributed by atoms with Crippen LogP contribution in [0.2, 0.25) is 7.85 Å². The van der Waals surface area contributed by atoms with Gasteiger partial charge in [-0.3, -0.25) is 0 Å². The van der Waals surface area contributed by atoms with Crippen molar-refractivity contribution in [2.45, 2.75) is 21.7 Å². The van der Waals surface area contributed by atoms with Crippen molar-refractivity contribution in [1.29, 1.82) is 0 Å². The molecule has 0 aromatic carbocycles. The summed E-state index contributed by atoms with van der Waals surface area (Å²) in [4.78, 5) is 43.7. The quantitative estimate of drug-likeness (QED) is 0.388. The van der Waals surface area contributed by atoms with Crippen LogP contribution < -0.4 is 11.2 Å². The molecule has 0 atom stereocenters. The number of amides is 2. The van der Waals surface area contributed by atoms with Gasteiger partial charge in [0.15, 0.2) is 0 Å². The Bertz CT molecular complexity index is 464. The molecule has 0 radical (unpaired) electrons. The van der Waals surface area contributed by atoms with Crippen molar-refractivity contribution in [3.05, 3.63) is 12.3 Å². The minimum atomic E-state index is -2.14. The summed E-state index contributed by atoms with van der Waals surface area (Å²) < 4.78 is 11.0. The van der Waals surface area contributed by atoms with Crippen molar-refractivity contribution in [3.63, 3.8) is 0 Å². The number of nitrogens with two attached hydrogens (primary N) is 1. The van der Waals surface area contributed by atoms with Gasteiger partial charge in [-0.2, -0.15) is 0 Å². The van der Waals surface area contributed by atoms with E-state index >= 15 is 0 Å². The summed E-state index contributed by atoms with van der Waals surface area (Å²) in [5.41, 5.74) is 6.93. The van der Waals surface area contributed by atoms with Gasteiger partial charge in [-0.15, -0.1) is 0 Å². The molecule has 0 unspecified atom stereocenters. The number of rotatable bonds is 2. The molecular formula is C10H14InN3O6. The van der Waals surface area contributed by atoms with E-state index in [0.29, 0.717) is 3.67 Å². The molecule has 0 aromatic heterocycles. The Morgan fingerprint density at radius 1 is 1.25 bits per heavy atom. The third-order valence-corrected chi connectivity index (χ3v) is 12.0. The summed E-state index contributed by atoms with van der Waals surface area (Å²) in [7, 11) is 0. The molecule has 1 rings (SSSR count). The number of carbonyl (C=O) groups is 4. The zero-order valence-electron chi connectivity index (χ0n) is 11.0. The SMILES string of the molecule is C[CH](C)[In]1[CH2]C=C[N]1NC(=O)OC(=O)C(=O)OC(N)=O. The summed E-state index contributed by atoms with van der Waals surface area (Å²) in [6.45, 7) is 4.12. The number of carbonyl (C=O) groups excluding carboxylic acids is 4. The average molecular weight is 387 g/mol. The first kappa shape index (κ1) is 16.3. The fourth-order valence-electron chi connectivity index (χ4n) is 1.64. The molecule has 2 amide bonds. The van der Waals surface area contributed by atoms with Gasteiger partial charge in [0, 0.05) is 0 Å². The molecule has 10 heteroatoms. The number of hydrogen-bond donors (Lipinski definition) is 2. The molecule has 108 valence electrons. The Labute approximate surface area is 122 Å². The topological polar surface area (TPSA) is 128 Å². The van der Waals surface area contributed by atoms with Gasteiger partial charge in [0.1, 0.15) is 0 Å². The van der Waals surface area contributed by atoms with E-state index in [1.165, 1.54) is 0 Å². The maximum atomic E-state index is 11.4. The van der Waals surface area contributed by atoms with E-state index in [4.69, 9.17) is 0 Å². The zero-order chi connectivity index (χ0) is 15.3. The number of hydrogen-bond acceptors (Lipinski definition) is 7. The van der Waals surface area contributed by atoms with Crippen molar-refractivity contribution in [2.24, 2.45) is 5.73 Å². The van der Waals surface area contributed by atoms with Gasteiger partial charge in [0.05, 0.1) is 0 Å². The Balaban J connectivity index is 2.47. The number of hydrazine groups is 1. The van der Waals surface area contributed by atoms with Crippen molar-refractivity contribution in [3.8, 4) is 0 Å². The molecule has 0 aromatic rings. The first-order chi connectivity index (χ1) is 9.31. The molecular weight excluding hydrogens is 373 g/mol. The van der Waals surface area contributed by atoms with Gasteiger partial charge < -0.3 is 0 Å². The van der Waals surface area contributed by atoms with E-state index in [9.17, 15) is 19.2 Å². The van der Waals surface area contributed by atoms with E-state index in [-0.39, 0.29) is 0 Å². The van der Waals surface area contributed by atoms with Crippen LogP contribution in [0.15, 0.2) is 12.3 Å². The number of esters is 2. The van der Waals surface area contributed by atoms with Gasteiger partial charge in [-0.25, -0.2) is 0 Å². The van der Waals surface area contributed by atoms with E-state index in [1.807, 2.05) is 6.08 Å². The van der Waals surface area contributed by atoms with Crippen LogP contribution in [0.5, 0.6) is 0 Å². The second kappa shape index (κ2) is 7.17. The Kier molecular flexibility index (Phi) is 5.86. The second-order valence-corrected chi connectivity index (χ2v) is 14.3. The molecule has 0 saturated carbocycles. The van der Waals surface area contributed by atoms with Gasteiger partial charge in [0.25, 0.3) is 0 Å². The molecule has 20 heavy (non-hydrogen) atoms. The van der Waals surface area contributed by atoms with Crippen molar-refractivity contribution < 1.29 is 28.7 Å². The normalized spacial score (nSPS) is 13.3. The molecule has 0 aliphatic carbocycles.